The summed E-state index contributed by atoms with van der Waals surface area (Å²) in [4.78, 5) is 0. The van der Waals surface area contributed by atoms with Crippen molar-refractivity contribution in [3.8, 4) is 0 Å². The molecule has 1 aromatic rings. The predicted molar refractivity (Wildman–Crippen MR) is 59.2 cm³/mol. The number of hydrogen-bond acceptors (Lipinski definition) is 4. The first-order valence-corrected chi connectivity index (χ1v) is 6.00. The molecule has 0 fully saturated rings. The molecular weight excluding hydrogens is 214 g/mol. The molecule has 82 valence electrons. The summed E-state index contributed by atoms with van der Waals surface area (Å²) in [5.41, 5.74) is 3.09. The van der Waals surface area contributed by atoms with Gasteiger partial charge in [-0.2, -0.15) is 18.2 Å². The van der Waals surface area contributed by atoms with Gasteiger partial charge in [0.15, 0.2) is 0 Å². The Morgan fingerprint density at radius 1 is 1.33 bits per heavy atom. The van der Waals surface area contributed by atoms with Crippen LogP contribution in [0, 0.1) is 0 Å². The number of nitrogens with one attached hydrogen (secondary N) is 1. The second kappa shape index (κ2) is 5.65. The standard InChI is InChI=1S/C10H13NO3S/c1-2-11-14-15(12,13)9-8-10-6-4-3-5-7-10/h3-9,11H,2H2,1H3/b9-8+. The first-order valence-electron chi connectivity index (χ1n) is 4.53. The van der Waals surface area contributed by atoms with E-state index in [1.54, 1.807) is 19.1 Å². The third-order valence-corrected chi connectivity index (χ3v) is 2.37. The van der Waals surface area contributed by atoms with Gasteiger partial charge in [0.1, 0.15) is 0 Å². The van der Waals surface area contributed by atoms with Gasteiger partial charge in [-0.25, -0.2) is 0 Å². The maximum absolute atomic E-state index is 11.2. The Morgan fingerprint density at radius 2 is 2.00 bits per heavy atom. The van der Waals surface area contributed by atoms with E-state index in [0.29, 0.717) is 6.54 Å². The minimum atomic E-state index is -3.63. The van der Waals surface area contributed by atoms with Crippen LogP contribution in [0.5, 0.6) is 0 Å². The molecule has 0 aliphatic heterocycles. The summed E-state index contributed by atoms with van der Waals surface area (Å²) in [6.07, 6.45) is 1.48. The van der Waals surface area contributed by atoms with Gasteiger partial charge >= 0.3 is 10.1 Å². The lowest BCUT2D eigenvalue weighted by molar-refractivity contribution is 0.214. The SMILES string of the molecule is CCNOS(=O)(=O)/C=C/c1ccccc1. The van der Waals surface area contributed by atoms with E-state index in [9.17, 15) is 8.42 Å². The van der Waals surface area contributed by atoms with Crippen LogP contribution in [0.2, 0.25) is 0 Å². The Hall–Kier alpha value is -1.17. The van der Waals surface area contributed by atoms with Gasteiger partial charge in [-0.1, -0.05) is 37.3 Å². The van der Waals surface area contributed by atoms with Gasteiger partial charge in [0.25, 0.3) is 0 Å². The lowest BCUT2D eigenvalue weighted by Gasteiger charge is -1.99. The van der Waals surface area contributed by atoms with E-state index in [-0.39, 0.29) is 0 Å². The first-order chi connectivity index (χ1) is 7.14. The Morgan fingerprint density at radius 3 is 2.60 bits per heavy atom. The average Bonchev–Trinajstić information content (AvgIpc) is 2.25. The highest BCUT2D eigenvalue weighted by Crippen LogP contribution is 2.03. The molecule has 0 spiro atoms. The van der Waals surface area contributed by atoms with E-state index in [1.165, 1.54) is 6.08 Å². The molecule has 0 unspecified atom stereocenters. The van der Waals surface area contributed by atoms with Crippen LogP contribution in [0.25, 0.3) is 6.08 Å². The summed E-state index contributed by atoms with van der Waals surface area (Å²) in [7, 11) is -3.63. The monoisotopic (exact) mass is 227 g/mol. The molecule has 0 heterocycles. The van der Waals surface area contributed by atoms with Gasteiger partial charge in [-0.3, -0.25) is 0 Å². The van der Waals surface area contributed by atoms with E-state index >= 15 is 0 Å². The van der Waals surface area contributed by atoms with Crippen LogP contribution in [-0.4, -0.2) is 15.0 Å². The maximum atomic E-state index is 11.2. The Bertz CT molecular complexity index is 412. The van der Waals surface area contributed by atoms with Crippen LogP contribution < -0.4 is 5.48 Å². The molecule has 1 N–H and O–H groups in total. The van der Waals surface area contributed by atoms with Crippen molar-refractivity contribution in [2.75, 3.05) is 6.54 Å². The first kappa shape index (κ1) is 11.9. The van der Waals surface area contributed by atoms with Gasteiger partial charge in [-0.15, -0.1) is 0 Å². The van der Waals surface area contributed by atoms with Crippen LogP contribution in [0.3, 0.4) is 0 Å². The highest BCUT2D eigenvalue weighted by atomic mass is 32.2. The fraction of sp³-hybridized carbons (Fsp3) is 0.200. The quantitative estimate of drug-likeness (QED) is 0.775. The lowest BCUT2D eigenvalue weighted by Crippen LogP contribution is -2.17. The number of hydroxylamine groups is 1. The third-order valence-electron chi connectivity index (χ3n) is 1.55. The number of benzene rings is 1. The molecule has 1 rings (SSSR count). The molecule has 0 aromatic heterocycles. The summed E-state index contributed by atoms with van der Waals surface area (Å²) in [5.74, 6) is 0. The molecule has 0 amide bonds. The van der Waals surface area contributed by atoms with Crippen molar-refractivity contribution in [1.82, 2.24) is 5.48 Å². The lowest BCUT2D eigenvalue weighted by atomic mass is 10.2. The molecule has 0 bridgehead atoms. The predicted octanol–water partition coefficient (Wildman–Crippen LogP) is 1.53. The summed E-state index contributed by atoms with van der Waals surface area (Å²) in [6, 6.07) is 9.13. The fourth-order valence-electron chi connectivity index (χ4n) is 0.895. The second-order valence-corrected chi connectivity index (χ2v) is 4.21. The van der Waals surface area contributed by atoms with Crippen molar-refractivity contribution in [2.24, 2.45) is 0 Å². The topological polar surface area (TPSA) is 55.4 Å². The van der Waals surface area contributed by atoms with Crippen LogP contribution in [0.4, 0.5) is 0 Å². The Kier molecular flexibility index (Phi) is 4.48. The molecule has 0 atom stereocenters. The van der Waals surface area contributed by atoms with Crippen LogP contribution in [0.15, 0.2) is 35.7 Å². The molecule has 15 heavy (non-hydrogen) atoms. The van der Waals surface area contributed by atoms with Crippen molar-refractivity contribution in [2.45, 2.75) is 6.92 Å². The van der Waals surface area contributed by atoms with E-state index in [0.717, 1.165) is 11.0 Å². The maximum Gasteiger partial charge on any atom is 0.305 e. The summed E-state index contributed by atoms with van der Waals surface area (Å²) in [6.45, 7) is 2.18. The Labute approximate surface area is 89.7 Å². The summed E-state index contributed by atoms with van der Waals surface area (Å²) in [5, 5.41) is 1.02. The second-order valence-electron chi connectivity index (χ2n) is 2.79. The van der Waals surface area contributed by atoms with E-state index in [4.69, 9.17) is 0 Å². The smallest absolute Gasteiger partial charge is 0.193 e. The number of hydrogen-bond donors (Lipinski definition) is 1. The molecule has 4 nitrogen and oxygen atoms in total. The van der Waals surface area contributed by atoms with E-state index < -0.39 is 10.1 Å². The van der Waals surface area contributed by atoms with Crippen molar-refractivity contribution in [1.29, 1.82) is 0 Å². The molecule has 0 radical (unpaired) electrons. The van der Waals surface area contributed by atoms with Crippen molar-refractivity contribution in [3.05, 3.63) is 41.3 Å². The van der Waals surface area contributed by atoms with Crippen LogP contribution in [0.1, 0.15) is 12.5 Å². The van der Waals surface area contributed by atoms with Crippen molar-refractivity contribution >= 4 is 16.2 Å². The molecule has 0 aliphatic rings. The molecular formula is C10H13NO3S. The average molecular weight is 227 g/mol. The molecule has 1 aromatic carbocycles. The highest BCUT2D eigenvalue weighted by molar-refractivity contribution is 7.89. The molecule has 5 heteroatoms. The summed E-state index contributed by atoms with van der Waals surface area (Å²) < 4.78 is 26.8. The minimum absolute atomic E-state index is 0.429. The van der Waals surface area contributed by atoms with Crippen LogP contribution >= 0.6 is 0 Å². The zero-order chi connectivity index (χ0) is 11.1. The largest absolute Gasteiger partial charge is 0.305 e. The zero-order valence-corrected chi connectivity index (χ0v) is 9.20. The van der Waals surface area contributed by atoms with E-state index in [1.807, 2.05) is 18.2 Å². The van der Waals surface area contributed by atoms with E-state index in [2.05, 4.69) is 9.76 Å². The van der Waals surface area contributed by atoms with Gasteiger partial charge in [0, 0.05) is 6.54 Å². The van der Waals surface area contributed by atoms with Crippen molar-refractivity contribution < 1.29 is 12.7 Å². The summed E-state index contributed by atoms with van der Waals surface area (Å²) >= 11 is 0. The molecule has 0 aliphatic carbocycles. The van der Waals surface area contributed by atoms with Crippen molar-refractivity contribution in [3.63, 3.8) is 0 Å². The van der Waals surface area contributed by atoms with Gasteiger partial charge in [0.05, 0.1) is 5.41 Å². The van der Waals surface area contributed by atoms with Gasteiger partial charge < -0.3 is 0 Å². The third kappa shape index (κ3) is 4.73. The zero-order valence-electron chi connectivity index (χ0n) is 8.38. The Balaban J connectivity index is 2.65. The van der Waals surface area contributed by atoms with Gasteiger partial charge in [0.2, 0.25) is 0 Å². The minimum Gasteiger partial charge on any atom is -0.193 e. The highest BCUT2D eigenvalue weighted by Gasteiger charge is 2.04. The fourth-order valence-corrected chi connectivity index (χ4v) is 1.56. The number of rotatable bonds is 5. The molecule has 0 saturated carbocycles. The van der Waals surface area contributed by atoms with Gasteiger partial charge in [-0.05, 0) is 11.6 Å². The normalized spacial score (nSPS) is 12.1. The van der Waals surface area contributed by atoms with Crippen LogP contribution in [-0.2, 0) is 14.4 Å². The molecule has 0 saturated heterocycles.